The summed E-state index contributed by atoms with van der Waals surface area (Å²) in [5.74, 6) is 0.164. The molecule has 0 bridgehead atoms. The van der Waals surface area contributed by atoms with Crippen LogP contribution in [-0.4, -0.2) is 37.8 Å². The average molecular weight is 390 g/mol. The van der Waals surface area contributed by atoms with E-state index in [1.54, 1.807) is 10.7 Å². The molecule has 1 saturated carbocycles. The Bertz CT molecular complexity index is 1030. The lowest BCUT2D eigenvalue weighted by Crippen LogP contribution is -2.36. The van der Waals surface area contributed by atoms with Crippen LogP contribution in [0.25, 0.3) is 0 Å². The van der Waals surface area contributed by atoms with Crippen molar-refractivity contribution in [2.45, 2.75) is 44.3 Å². The summed E-state index contributed by atoms with van der Waals surface area (Å²) < 4.78 is 1.79. The molecule has 148 valence electrons. The fourth-order valence-corrected chi connectivity index (χ4v) is 3.70. The van der Waals surface area contributed by atoms with E-state index in [0.29, 0.717) is 36.8 Å². The first-order valence-corrected chi connectivity index (χ1v) is 9.91. The molecule has 3 aromatic rings. The standard InChI is InChI=1S/C21H22N6O2/c28-20(22-11-13-4-2-1-3-5-13)19-9-16-8-15(12-27(16)26-19)23-21(29)18-10-17(24-25-18)14-6-7-14/h1-5,9-10,14-15H,6-8,11-12H2,(H,22,28)(H,23,29)(H,24,25). The SMILES string of the molecule is O=C(NCc1ccccc1)c1cc2n(n1)CC(NC(=O)c1cc(C3CC3)[nH]n1)C2. The lowest BCUT2D eigenvalue weighted by molar-refractivity contribution is 0.0924. The van der Waals surface area contributed by atoms with Crippen molar-refractivity contribution in [2.75, 3.05) is 0 Å². The van der Waals surface area contributed by atoms with E-state index in [0.717, 1.165) is 29.8 Å². The van der Waals surface area contributed by atoms with E-state index in [4.69, 9.17) is 0 Å². The van der Waals surface area contributed by atoms with Crippen molar-refractivity contribution in [3.05, 3.63) is 70.8 Å². The average Bonchev–Trinajstić information content (AvgIpc) is 3.14. The summed E-state index contributed by atoms with van der Waals surface area (Å²) in [6.45, 7) is 1.01. The van der Waals surface area contributed by atoms with Gasteiger partial charge in [-0.05, 0) is 30.5 Å². The first-order chi connectivity index (χ1) is 14.2. The molecule has 1 aliphatic carbocycles. The molecular weight excluding hydrogens is 368 g/mol. The molecule has 1 atom stereocenters. The van der Waals surface area contributed by atoms with E-state index in [2.05, 4.69) is 25.9 Å². The Hall–Kier alpha value is -3.42. The number of nitrogens with zero attached hydrogens (tertiary/aromatic N) is 3. The van der Waals surface area contributed by atoms with Crippen molar-refractivity contribution in [3.8, 4) is 0 Å². The Morgan fingerprint density at radius 2 is 1.93 bits per heavy atom. The van der Waals surface area contributed by atoms with Gasteiger partial charge < -0.3 is 10.6 Å². The van der Waals surface area contributed by atoms with Crippen LogP contribution in [0.5, 0.6) is 0 Å². The van der Waals surface area contributed by atoms with Crippen LogP contribution >= 0.6 is 0 Å². The molecule has 1 aliphatic heterocycles. The summed E-state index contributed by atoms with van der Waals surface area (Å²) in [6, 6.07) is 13.3. The van der Waals surface area contributed by atoms with Crippen LogP contribution in [0.15, 0.2) is 42.5 Å². The minimum Gasteiger partial charge on any atom is -0.347 e. The number of benzene rings is 1. The van der Waals surface area contributed by atoms with Crippen molar-refractivity contribution in [3.63, 3.8) is 0 Å². The number of hydrogen-bond acceptors (Lipinski definition) is 4. The van der Waals surface area contributed by atoms with Gasteiger partial charge in [-0.15, -0.1) is 0 Å². The van der Waals surface area contributed by atoms with Crippen LogP contribution in [0.1, 0.15) is 56.7 Å². The van der Waals surface area contributed by atoms with Gasteiger partial charge in [0.1, 0.15) is 11.4 Å². The summed E-state index contributed by atoms with van der Waals surface area (Å²) in [7, 11) is 0. The van der Waals surface area contributed by atoms with Crippen molar-refractivity contribution in [1.82, 2.24) is 30.6 Å². The number of H-pyrrole nitrogens is 1. The minimum atomic E-state index is -0.194. The van der Waals surface area contributed by atoms with Gasteiger partial charge in [-0.3, -0.25) is 19.4 Å². The monoisotopic (exact) mass is 390 g/mol. The molecule has 0 saturated heterocycles. The van der Waals surface area contributed by atoms with Crippen LogP contribution < -0.4 is 10.6 Å². The molecule has 2 aliphatic rings. The number of aromatic amines is 1. The first kappa shape index (κ1) is 17.7. The first-order valence-electron chi connectivity index (χ1n) is 9.91. The number of fused-ring (bicyclic) bond motifs is 1. The molecule has 1 aromatic carbocycles. The Morgan fingerprint density at radius 3 is 2.69 bits per heavy atom. The lowest BCUT2D eigenvalue weighted by atomic mass is 10.2. The molecule has 2 amide bonds. The van der Waals surface area contributed by atoms with Gasteiger partial charge in [0.25, 0.3) is 11.8 Å². The highest BCUT2D eigenvalue weighted by Gasteiger charge is 2.29. The summed E-state index contributed by atoms with van der Waals surface area (Å²) in [5.41, 5.74) is 3.86. The van der Waals surface area contributed by atoms with Gasteiger partial charge in [0.2, 0.25) is 0 Å². The van der Waals surface area contributed by atoms with Gasteiger partial charge in [0.05, 0.1) is 12.6 Å². The van der Waals surface area contributed by atoms with Gasteiger partial charge in [0, 0.05) is 30.3 Å². The molecule has 1 fully saturated rings. The molecule has 0 spiro atoms. The Labute approximate surface area is 167 Å². The fourth-order valence-electron chi connectivity index (χ4n) is 3.70. The number of amides is 2. The predicted octanol–water partition coefficient (Wildman–Crippen LogP) is 1.77. The number of nitrogens with one attached hydrogen (secondary N) is 3. The number of rotatable bonds is 6. The third-order valence-corrected chi connectivity index (χ3v) is 5.42. The lowest BCUT2D eigenvalue weighted by Gasteiger charge is -2.10. The highest BCUT2D eigenvalue weighted by atomic mass is 16.2. The van der Waals surface area contributed by atoms with Crippen molar-refractivity contribution >= 4 is 11.8 Å². The molecule has 5 rings (SSSR count). The third kappa shape index (κ3) is 3.78. The van der Waals surface area contributed by atoms with E-state index in [9.17, 15) is 9.59 Å². The summed E-state index contributed by atoms with van der Waals surface area (Å²) in [6.07, 6.45) is 2.97. The Morgan fingerprint density at radius 1 is 1.10 bits per heavy atom. The van der Waals surface area contributed by atoms with Crippen LogP contribution in [0, 0.1) is 0 Å². The molecule has 3 heterocycles. The van der Waals surface area contributed by atoms with Gasteiger partial charge in [-0.1, -0.05) is 30.3 Å². The smallest absolute Gasteiger partial charge is 0.272 e. The van der Waals surface area contributed by atoms with E-state index in [1.165, 1.54) is 0 Å². The van der Waals surface area contributed by atoms with E-state index in [-0.39, 0.29) is 17.9 Å². The second-order valence-corrected chi connectivity index (χ2v) is 7.73. The molecular formula is C21H22N6O2. The molecule has 2 aromatic heterocycles. The third-order valence-electron chi connectivity index (χ3n) is 5.42. The summed E-state index contributed by atoms with van der Waals surface area (Å²) in [4.78, 5) is 24.8. The maximum absolute atomic E-state index is 12.4. The zero-order valence-electron chi connectivity index (χ0n) is 15.9. The van der Waals surface area contributed by atoms with Gasteiger partial charge in [-0.2, -0.15) is 10.2 Å². The van der Waals surface area contributed by atoms with Crippen LogP contribution in [0.2, 0.25) is 0 Å². The van der Waals surface area contributed by atoms with Gasteiger partial charge in [0.15, 0.2) is 0 Å². The molecule has 8 heteroatoms. The fraction of sp³-hybridized carbons (Fsp3) is 0.333. The maximum atomic E-state index is 12.4. The molecule has 0 radical (unpaired) electrons. The number of carbonyl (C=O) groups excluding carboxylic acids is 2. The normalized spacial score (nSPS) is 17.7. The van der Waals surface area contributed by atoms with Crippen molar-refractivity contribution in [1.29, 1.82) is 0 Å². The topological polar surface area (TPSA) is 105 Å². The summed E-state index contributed by atoms with van der Waals surface area (Å²) in [5, 5.41) is 17.4. The maximum Gasteiger partial charge on any atom is 0.272 e. The second-order valence-electron chi connectivity index (χ2n) is 7.73. The van der Waals surface area contributed by atoms with E-state index in [1.807, 2.05) is 36.4 Å². The number of carbonyl (C=O) groups is 2. The van der Waals surface area contributed by atoms with E-state index >= 15 is 0 Å². The van der Waals surface area contributed by atoms with Crippen molar-refractivity contribution in [2.24, 2.45) is 0 Å². The second kappa shape index (κ2) is 7.20. The van der Waals surface area contributed by atoms with Crippen molar-refractivity contribution < 1.29 is 9.59 Å². The highest BCUT2D eigenvalue weighted by Crippen LogP contribution is 2.39. The Balaban J connectivity index is 1.16. The molecule has 3 N–H and O–H groups in total. The minimum absolute atomic E-state index is 0.0486. The molecule has 1 unspecified atom stereocenters. The van der Waals surface area contributed by atoms with Gasteiger partial charge in [-0.25, -0.2) is 0 Å². The quantitative estimate of drug-likeness (QED) is 0.597. The van der Waals surface area contributed by atoms with Crippen LogP contribution in [0.4, 0.5) is 0 Å². The summed E-state index contributed by atoms with van der Waals surface area (Å²) >= 11 is 0. The zero-order chi connectivity index (χ0) is 19.8. The van der Waals surface area contributed by atoms with E-state index < -0.39 is 0 Å². The van der Waals surface area contributed by atoms with Gasteiger partial charge >= 0.3 is 0 Å². The van der Waals surface area contributed by atoms with Crippen LogP contribution in [-0.2, 0) is 19.5 Å². The largest absolute Gasteiger partial charge is 0.347 e. The van der Waals surface area contributed by atoms with Crippen LogP contribution in [0.3, 0.4) is 0 Å². The molecule has 8 nitrogen and oxygen atoms in total. The highest BCUT2D eigenvalue weighted by molar-refractivity contribution is 5.93. The number of hydrogen-bond donors (Lipinski definition) is 3. The Kier molecular flexibility index (Phi) is 4.38. The number of aromatic nitrogens is 4. The zero-order valence-corrected chi connectivity index (χ0v) is 15.9. The predicted molar refractivity (Wildman–Crippen MR) is 105 cm³/mol. The molecule has 29 heavy (non-hydrogen) atoms.